The van der Waals surface area contributed by atoms with Gasteiger partial charge < -0.3 is 10.6 Å². The minimum atomic E-state index is 0.171. The van der Waals surface area contributed by atoms with Gasteiger partial charge in [0.05, 0.1) is 0 Å². The summed E-state index contributed by atoms with van der Waals surface area (Å²) in [5.41, 5.74) is 9.06. The van der Waals surface area contributed by atoms with Crippen molar-refractivity contribution >= 4 is 21.6 Å². The van der Waals surface area contributed by atoms with Gasteiger partial charge in [-0.05, 0) is 43.4 Å². The highest BCUT2D eigenvalue weighted by Crippen LogP contribution is 2.32. The van der Waals surface area contributed by atoms with Crippen LogP contribution >= 0.6 is 15.9 Å². The van der Waals surface area contributed by atoms with Crippen LogP contribution in [0.15, 0.2) is 22.7 Å². The molecule has 2 N–H and O–H groups in total. The largest absolute Gasteiger partial charge is 0.371 e. The lowest BCUT2D eigenvalue weighted by Gasteiger charge is -2.32. The molecule has 1 fully saturated rings. The van der Waals surface area contributed by atoms with Crippen molar-refractivity contribution < 1.29 is 0 Å². The zero-order valence-corrected chi connectivity index (χ0v) is 13.5. The van der Waals surface area contributed by atoms with Crippen LogP contribution in [0.2, 0.25) is 0 Å². The van der Waals surface area contributed by atoms with Crippen molar-refractivity contribution in [1.29, 1.82) is 0 Å². The summed E-state index contributed by atoms with van der Waals surface area (Å²) in [6.45, 7) is 4.56. The molecule has 0 radical (unpaired) electrons. The number of piperidine rings is 1. The fraction of sp³-hybridized carbons (Fsp3) is 0.625. The third-order valence-corrected chi connectivity index (χ3v) is 4.45. The van der Waals surface area contributed by atoms with Crippen molar-refractivity contribution in [2.75, 3.05) is 18.0 Å². The van der Waals surface area contributed by atoms with Crippen LogP contribution in [0.1, 0.15) is 57.1 Å². The van der Waals surface area contributed by atoms with Crippen LogP contribution in [0.3, 0.4) is 0 Å². The molecule has 1 aromatic carbocycles. The lowest BCUT2D eigenvalue weighted by molar-refractivity contribution is 0.566. The molecule has 0 amide bonds. The molecule has 0 saturated carbocycles. The molecule has 0 spiro atoms. The molecule has 1 aliphatic heterocycles. The SMILES string of the molecule is CCCCC(N)c1ccc(Br)cc1N1CCCCC1. The highest BCUT2D eigenvalue weighted by molar-refractivity contribution is 9.10. The minimum Gasteiger partial charge on any atom is -0.371 e. The van der Waals surface area contributed by atoms with E-state index in [4.69, 9.17) is 5.73 Å². The normalized spacial score (nSPS) is 17.5. The lowest BCUT2D eigenvalue weighted by atomic mass is 9.98. The first-order chi connectivity index (χ1) is 9.22. The molecular weight excluding hydrogens is 300 g/mol. The van der Waals surface area contributed by atoms with E-state index in [2.05, 4.69) is 46.0 Å². The average Bonchev–Trinajstić information content (AvgIpc) is 2.45. The summed E-state index contributed by atoms with van der Waals surface area (Å²) in [7, 11) is 0. The minimum absolute atomic E-state index is 0.171. The number of nitrogens with zero attached hydrogens (tertiary/aromatic N) is 1. The quantitative estimate of drug-likeness (QED) is 0.855. The highest BCUT2D eigenvalue weighted by Gasteiger charge is 2.18. The Kier molecular flexibility index (Phi) is 5.71. The second-order valence-electron chi connectivity index (χ2n) is 5.50. The van der Waals surface area contributed by atoms with Gasteiger partial charge in [-0.25, -0.2) is 0 Å². The molecule has 1 aliphatic rings. The topological polar surface area (TPSA) is 29.3 Å². The molecule has 1 unspecified atom stereocenters. The summed E-state index contributed by atoms with van der Waals surface area (Å²) >= 11 is 3.60. The standard InChI is InChI=1S/C16H25BrN2/c1-2-3-7-15(18)14-9-8-13(17)12-16(14)19-10-5-4-6-11-19/h8-9,12,15H,2-7,10-11,18H2,1H3. The number of unbranched alkanes of at least 4 members (excludes halogenated alkanes) is 1. The number of nitrogens with two attached hydrogens (primary N) is 1. The van der Waals surface area contributed by atoms with E-state index < -0.39 is 0 Å². The van der Waals surface area contributed by atoms with Gasteiger partial charge in [-0.15, -0.1) is 0 Å². The highest BCUT2D eigenvalue weighted by atomic mass is 79.9. The summed E-state index contributed by atoms with van der Waals surface area (Å²) in [5, 5.41) is 0. The average molecular weight is 325 g/mol. The monoisotopic (exact) mass is 324 g/mol. The van der Waals surface area contributed by atoms with Crippen LogP contribution in [0.5, 0.6) is 0 Å². The summed E-state index contributed by atoms with van der Waals surface area (Å²) < 4.78 is 1.15. The van der Waals surface area contributed by atoms with Crippen molar-refractivity contribution in [2.45, 2.75) is 51.5 Å². The van der Waals surface area contributed by atoms with Gasteiger partial charge in [-0.3, -0.25) is 0 Å². The molecule has 2 rings (SSSR count). The molecule has 106 valence electrons. The summed E-state index contributed by atoms with van der Waals surface area (Å²) in [6, 6.07) is 6.74. The molecule has 1 aromatic rings. The van der Waals surface area contributed by atoms with Gasteiger partial charge in [0, 0.05) is 29.3 Å². The van der Waals surface area contributed by atoms with Crippen LogP contribution < -0.4 is 10.6 Å². The smallest absolute Gasteiger partial charge is 0.0425 e. The van der Waals surface area contributed by atoms with Crippen molar-refractivity contribution in [2.24, 2.45) is 5.73 Å². The Labute approximate surface area is 125 Å². The van der Waals surface area contributed by atoms with Gasteiger partial charge in [0.2, 0.25) is 0 Å². The zero-order chi connectivity index (χ0) is 13.7. The lowest BCUT2D eigenvalue weighted by Crippen LogP contribution is -2.31. The predicted molar refractivity (Wildman–Crippen MR) is 86.7 cm³/mol. The zero-order valence-electron chi connectivity index (χ0n) is 11.9. The molecule has 1 atom stereocenters. The summed E-state index contributed by atoms with van der Waals surface area (Å²) in [6.07, 6.45) is 7.47. The Morgan fingerprint density at radius 1 is 1.26 bits per heavy atom. The van der Waals surface area contributed by atoms with Crippen molar-refractivity contribution in [3.05, 3.63) is 28.2 Å². The Balaban J connectivity index is 2.21. The van der Waals surface area contributed by atoms with E-state index in [-0.39, 0.29) is 6.04 Å². The van der Waals surface area contributed by atoms with E-state index in [0.29, 0.717) is 0 Å². The van der Waals surface area contributed by atoms with E-state index >= 15 is 0 Å². The number of hydrogen-bond acceptors (Lipinski definition) is 2. The maximum absolute atomic E-state index is 6.40. The number of anilines is 1. The molecule has 19 heavy (non-hydrogen) atoms. The van der Waals surface area contributed by atoms with Gasteiger partial charge >= 0.3 is 0 Å². The van der Waals surface area contributed by atoms with Gasteiger partial charge in [-0.1, -0.05) is 41.8 Å². The molecule has 3 heteroatoms. The van der Waals surface area contributed by atoms with E-state index in [9.17, 15) is 0 Å². The number of benzene rings is 1. The van der Waals surface area contributed by atoms with E-state index in [1.165, 1.54) is 56.4 Å². The van der Waals surface area contributed by atoms with Crippen LogP contribution in [0.25, 0.3) is 0 Å². The van der Waals surface area contributed by atoms with Gasteiger partial charge in [0.25, 0.3) is 0 Å². The van der Waals surface area contributed by atoms with E-state index in [1.807, 2.05) is 0 Å². The fourth-order valence-corrected chi connectivity index (χ4v) is 3.17. The first-order valence-corrected chi connectivity index (χ1v) is 8.31. The molecule has 2 nitrogen and oxygen atoms in total. The maximum Gasteiger partial charge on any atom is 0.0425 e. The van der Waals surface area contributed by atoms with Crippen molar-refractivity contribution in [3.8, 4) is 0 Å². The first-order valence-electron chi connectivity index (χ1n) is 7.52. The van der Waals surface area contributed by atoms with Crippen molar-refractivity contribution in [3.63, 3.8) is 0 Å². The summed E-state index contributed by atoms with van der Waals surface area (Å²) in [5.74, 6) is 0. The Morgan fingerprint density at radius 3 is 2.68 bits per heavy atom. The molecule has 0 aromatic heterocycles. The molecule has 1 heterocycles. The number of rotatable bonds is 5. The molecule has 0 aliphatic carbocycles. The van der Waals surface area contributed by atoms with Crippen LogP contribution in [-0.2, 0) is 0 Å². The van der Waals surface area contributed by atoms with Crippen LogP contribution in [0, 0.1) is 0 Å². The number of hydrogen-bond donors (Lipinski definition) is 1. The second kappa shape index (κ2) is 7.30. The summed E-state index contributed by atoms with van der Waals surface area (Å²) in [4.78, 5) is 2.51. The molecular formula is C16H25BrN2. The molecule has 1 saturated heterocycles. The fourth-order valence-electron chi connectivity index (χ4n) is 2.82. The first kappa shape index (κ1) is 14.9. The number of halogens is 1. The predicted octanol–water partition coefficient (Wildman–Crippen LogP) is 4.63. The van der Waals surface area contributed by atoms with Crippen molar-refractivity contribution in [1.82, 2.24) is 0 Å². The van der Waals surface area contributed by atoms with Gasteiger partial charge in [0.1, 0.15) is 0 Å². The Hall–Kier alpha value is -0.540. The van der Waals surface area contributed by atoms with Crippen LogP contribution in [0.4, 0.5) is 5.69 Å². The molecule has 0 bridgehead atoms. The van der Waals surface area contributed by atoms with Crippen LogP contribution in [-0.4, -0.2) is 13.1 Å². The third kappa shape index (κ3) is 3.96. The third-order valence-electron chi connectivity index (χ3n) is 3.96. The van der Waals surface area contributed by atoms with E-state index in [0.717, 1.165) is 10.9 Å². The maximum atomic E-state index is 6.40. The van der Waals surface area contributed by atoms with Gasteiger partial charge in [-0.2, -0.15) is 0 Å². The van der Waals surface area contributed by atoms with E-state index in [1.54, 1.807) is 0 Å². The Bertz CT molecular complexity index is 400. The second-order valence-corrected chi connectivity index (χ2v) is 6.42. The Morgan fingerprint density at radius 2 is 2.00 bits per heavy atom. The van der Waals surface area contributed by atoms with Gasteiger partial charge in [0.15, 0.2) is 0 Å².